The van der Waals surface area contributed by atoms with Crippen LogP contribution in [0.5, 0.6) is 0 Å². The zero-order valence-electron chi connectivity index (χ0n) is 14.4. The fraction of sp³-hybridized carbons (Fsp3) is 0.667. The lowest BCUT2D eigenvalue weighted by atomic mass is 10.1. The largest absolute Gasteiger partial charge is 0.385 e. The van der Waals surface area contributed by atoms with Gasteiger partial charge in [0.25, 0.3) is 0 Å². The predicted octanol–water partition coefficient (Wildman–Crippen LogP) is -0.0281. The predicted molar refractivity (Wildman–Crippen MR) is 93.2 cm³/mol. The molecule has 2 atom stereocenters. The Labute approximate surface area is 145 Å². The fourth-order valence-electron chi connectivity index (χ4n) is 3.24. The van der Waals surface area contributed by atoms with Gasteiger partial charge in [-0.3, -0.25) is 0 Å². The van der Waals surface area contributed by atoms with Gasteiger partial charge in [-0.05, 0) is 31.0 Å². The molecule has 23 heavy (non-hydrogen) atoms. The molecule has 1 aliphatic heterocycles. The van der Waals surface area contributed by atoms with Crippen LogP contribution in [0.25, 0.3) is 0 Å². The highest BCUT2D eigenvalue weighted by atomic mass is 35.5. The summed E-state index contributed by atoms with van der Waals surface area (Å²) in [6, 6.07) is 7.69. The number of rotatable bonds is 8. The van der Waals surface area contributed by atoms with Gasteiger partial charge in [-0.15, -0.1) is 0 Å². The van der Waals surface area contributed by atoms with Crippen LogP contribution in [-0.4, -0.2) is 57.1 Å². The summed E-state index contributed by atoms with van der Waals surface area (Å²) in [5, 5.41) is 11.0. The number of ether oxygens (including phenoxy) is 1. The van der Waals surface area contributed by atoms with Crippen LogP contribution >= 0.6 is 11.6 Å². The van der Waals surface area contributed by atoms with E-state index in [1.165, 1.54) is 31.0 Å². The second-order valence-electron chi connectivity index (χ2n) is 6.64. The number of aliphatic hydroxyl groups is 1. The molecule has 0 saturated carbocycles. The van der Waals surface area contributed by atoms with Crippen LogP contribution in [0.4, 0.5) is 0 Å². The standard InChI is InChI=1S/C18H29ClN2O2/c1-3-8-20-9-11-21(12-10-20)13-18(22)14-23-15(2)16-4-6-17(19)7-5-16/h4-7,15,18,22H,3,8-14H2,1-2H3/p+2/t15-,18-/m0/s1. The molecule has 0 aliphatic carbocycles. The van der Waals surface area contributed by atoms with Crippen molar-refractivity contribution in [2.24, 2.45) is 0 Å². The number of halogens is 1. The highest BCUT2D eigenvalue weighted by Gasteiger charge is 2.24. The molecule has 1 aromatic carbocycles. The monoisotopic (exact) mass is 342 g/mol. The molecule has 130 valence electrons. The Morgan fingerprint density at radius 2 is 1.74 bits per heavy atom. The Balaban J connectivity index is 1.67. The molecule has 5 heteroatoms. The molecular formula is C18H31ClN2O2+2. The highest BCUT2D eigenvalue weighted by Crippen LogP contribution is 2.19. The number of quaternary nitrogens is 2. The van der Waals surface area contributed by atoms with Crippen LogP contribution in [0.1, 0.15) is 31.9 Å². The Kier molecular flexibility index (Phi) is 7.80. The van der Waals surface area contributed by atoms with Gasteiger partial charge in [0.15, 0.2) is 0 Å². The van der Waals surface area contributed by atoms with E-state index in [2.05, 4.69) is 6.92 Å². The fourth-order valence-corrected chi connectivity index (χ4v) is 3.37. The van der Waals surface area contributed by atoms with Crippen molar-refractivity contribution in [3.05, 3.63) is 34.9 Å². The molecule has 1 fully saturated rings. The van der Waals surface area contributed by atoms with E-state index in [-0.39, 0.29) is 6.10 Å². The Morgan fingerprint density at radius 1 is 1.13 bits per heavy atom. The van der Waals surface area contributed by atoms with Gasteiger partial charge in [0.1, 0.15) is 38.8 Å². The molecule has 0 aromatic heterocycles. The van der Waals surface area contributed by atoms with Gasteiger partial charge < -0.3 is 19.6 Å². The quantitative estimate of drug-likeness (QED) is 0.621. The first-order valence-electron chi connectivity index (χ1n) is 8.80. The summed E-state index contributed by atoms with van der Waals surface area (Å²) in [5.74, 6) is 0. The maximum atomic E-state index is 10.2. The van der Waals surface area contributed by atoms with Crippen LogP contribution in [0.3, 0.4) is 0 Å². The zero-order chi connectivity index (χ0) is 16.7. The Bertz CT molecular complexity index is 447. The summed E-state index contributed by atoms with van der Waals surface area (Å²) in [4.78, 5) is 3.21. The second kappa shape index (κ2) is 9.60. The summed E-state index contributed by atoms with van der Waals surface area (Å²) in [6.45, 7) is 11.4. The summed E-state index contributed by atoms with van der Waals surface area (Å²) >= 11 is 5.90. The zero-order valence-corrected chi connectivity index (χ0v) is 15.1. The minimum atomic E-state index is -0.396. The Morgan fingerprint density at radius 3 is 2.35 bits per heavy atom. The van der Waals surface area contributed by atoms with Crippen LogP contribution in [0.15, 0.2) is 24.3 Å². The number of aliphatic hydroxyl groups excluding tert-OH is 1. The van der Waals surface area contributed by atoms with E-state index in [4.69, 9.17) is 16.3 Å². The van der Waals surface area contributed by atoms with Crippen LogP contribution < -0.4 is 9.80 Å². The molecule has 0 bridgehead atoms. The van der Waals surface area contributed by atoms with Gasteiger partial charge in [0.2, 0.25) is 0 Å². The van der Waals surface area contributed by atoms with Crippen molar-refractivity contribution in [1.82, 2.24) is 0 Å². The average Bonchev–Trinajstić information content (AvgIpc) is 2.55. The van der Waals surface area contributed by atoms with E-state index in [0.717, 1.165) is 30.2 Å². The highest BCUT2D eigenvalue weighted by molar-refractivity contribution is 6.30. The SMILES string of the molecule is CCC[NH+]1CC[NH+](C[C@H](O)CO[C@@H](C)c2ccc(Cl)cc2)CC1. The van der Waals surface area contributed by atoms with Crippen molar-refractivity contribution < 1.29 is 19.6 Å². The summed E-state index contributed by atoms with van der Waals surface area (Å²) in [7, 11) is 0. The lowest BCUT2D eigenvalue weighted by Gasteiger charge is -2.30. The van der Waals surface area contributed by atoms with Crippen LogP contribution in [0, 0.1) is 0 Å². The molecule has 3 N–H and O–H groups in total. The van der Waals surface area contributed by atoms with Gasteiger partial charge in [0.05, 0.1) is 19.3 Å². The van der Waals surface area contributed by atoms with Crippen molar-refractivity contribution in [2.75, 3.05) is 45.9 Å². The molecular weight excluding hydrogens is 312 g/mol. The van der Waals surface area contributed by atoms with Gasteiger partial charge in [-0.2, -0.15) is 0 Å². The molecule has 0 unspecified atom stereocenters. The number of benzene rings is 1. The van der Waals surface area contributed by atoms with Crippen molar-refractivity contribution >= 4 is 11.6 Å². The third-order valence-corrected chi connectivity index (χ3v) is 4.92. The van der Waals surface area contributed by atoms with E-state index in [9.17, 15) is 5.11 Å². The first kappa shape index (κ1) is 18.7. The van der Waals surface area contributed by atoms with E-state index in [0.29, 0.717) is 6.61 Å². The van der Waals surface area contributed by atoms with Crippen molar-refractivity contribution in [2.45, 2.75) is 32.5 Å². The van der Waals surface area contributed by atoms with Crippen LogP contribution in [-0.2, 0) is 4.74 Å². The van der Waals surface area contributed by atoms with Crippen molar-refractivity contribution in [3.8, 4) is 0 Å². The van der Waals surface area contributed by atoms with E-state index >= 15 is 0 Å². The summed E-state index contributed by atoms with van der Waals surface area (Å²) in [5.41, 5.74) is 1.09. The van der Waals surface area contributed by atoms with Gasteiger partial charge in [0, 0.05) is 5.02 Å². The maximum Gasteiger partial charge on any atom is 0.127 e. The topological polar surface area (TPSA) is 38.3 Å². The van der Waals surface area contributed by atoms with Gasteiger partial charge in [-0.25, -0.2) is 0 Å². The minimum absolute atomic E-state index is 0.0252. The lowest BCUT2D eigenvalue weighted by Crippen LogP contribution is -3.28. The molecule has 4 nitrogen and oxygen atoms in total. The maximum absolute atomic E-state index is 10.2. The average molecular weight is 343 g/mol. The first-order chi connectivity index (χ1) is 11.1. The molecule has 0 spiro atoms. The summed E-state index contributed by atoms with van der Waals surface area (Å²) < 4.78 is 5.82. The van der Waals surface area contributed by atoms with E-state index in [1.807, 2.05) is 31.2 Å². The smallest absolute Gasteiger partial charge is 0.127 e. The lowest BCUT2D eigenvalue weighted by molar-refractivity contribution is -1.01. The van der Waals surface area contributed by atoms with Crippen molar-refractivity contribution in [3.63, 3.8) is 0 Å². The number of nitrogens with one attached hydrogen (secondary N) is 2. The molecule has 1 aliphatic rings. The molecule has 0 radical (unpaired) electrons. The Hall–Kier alpha value is -0.650. The third kappa shape index (κ3) is 6.40. The van der Waals surface area contributed by atoms with Gasteiger partial charge in [-0.1, -0.05) is 30.7 Å². The molecule has 2 rings (SSSR count). The van der Waals surface area contributed by atoms with Gasteiger partial charge >= 0.3 is 0 Å². The van der Waals surface area contributed by atoms with E-state index < -0.39 is 6.10 Å². The number of hydrogen-bond acceptors (Lipinski definition) is 2. The van der Waals surface area contributed by atoms with Crippen LogP contribution in [0.2, 0.25) is 5.02 Å². The van der Waals surface area contributed by atoms with Crippen molar-refractivity contribution in [1.29, 1.82) is 0 Å². The number of hydrogen-bond donors (Lipinski definition) is 3. The van der Waals surface area contributed by atoms with E-state index in [1.54, 1.807) is 4.90 Å². The first-order valence-corrected chi connectivity index (χ1v) is 9.18. The molecule has 1 heterocycles. The molecule has 0 amide bonds. The summed E-state index contributed by atoms with van der Waals surface area (Å²) in [6.07, 6.45) is 0.833. The number of piperazine rings is 1. The minimum Gasteiger partial charge on any atom is -0.385 e. The normalized spacial score (nSPS) is 24.3. The third-order valence-electron chi connectivity index (χ3n) is 4.67. The second-order valence-corrected chi connectivity index (χ2v) is 7.07. The molecule has 1 aromatic rings. The molecule has 1 saturated heterocycles.